The number of esters is 1. The van der Waals surface area contributed by atoms with Crippen molar-refractivity contribution in [1.82, 2.24) is 0 Å². The molecular formula is C37H42O10. The Morgan fingerprint density at radius 3 is 2.49 bits per heavy atom. The van der Waals surface area contributed by atoms with Gasteiger partial charge in [0.15, 0.2) is 17.0 Å². The summed E-state index contributed by atoms with van der Waals surface area (Å²) in [6.07, 6.45) is 9.87. The number of Topliss-reactive ketones (excluding diaryl/α,β-unsaturated/α-hetero) is 1. The standard InChI is InChI=1S/C37H42O10/c1-6-7-8-9-10-11-15-18-34-45-30-26-29-33(20-38,44-29)32(41)35(42)25(19-22(4)27(35)39)37(26,47-34)23(5)28(36(30,46-34)21(2)3)43-31(40)24-16-13-12-14-17-24/h8-19,23,25-26,28-30,32,38,41-42H,2,6-7,20H2,1,3-5H3/b9-8+,11-10-,18-15+/t23-,25?,26?,28-,29?,30?,32-,33+,34?,35-,36?,37?/m1/s1. The number of hydrogen-bond donors (Lipinski definition) is 3. The molecular weight excluding hydrogens is 604 g/mol. The molecule has 10 nitrogen and oxygen atoms in total. The van der Waals surface area contributed by atoms with E-state index >= 15 is 0 Å². The summed E-state index contributed by atoms with van der Waals surface area (Å²) in [5, 5.41) is 34.9. The van der Waals surface area contributed by atoms with Gasteiger partial charge in [0, 0.05) is 23.8 Å². The Hall–Kier alpha value is -3.22. The monoisotopic (exact) mass is 646 g/mol. The number of carbonyl (C=O) groups is 2. The van der Waals surface area contributed by atoms with Gasteiger partial charge in [-0.25, -0.2) is 4.79 Å². The lowest BCUT2D eigenvalue weighted by Gasteiger charge is -2.61. The predicted octanol–water partition coefficient (Wildman–Crippen LogP) is 3.48. The molecule has 2 saturated carbocycles. The Morgan fingerprint density at radius 1 is 1.09 bits per heavy atom. The molecule has 1 aromatic carbocycles. The van der Waals surface area contributed by atoms with Gasteiger partial charge >= 0.3 is 11.9 Å². The van der Waals surface area contributed by atoms with Crippen molar-refractivity contribution < 1.29 is 48.6 Å². The third kappa shape index (κ3) is 4.10. The number of epoxide rings is 1. The second kappa shape index (κ2) is 10.9. The van der Waals surface area contributed by atoms with E-state index in [1.807, 2.05) is 19.1 Å². The number of ketones is 1. The third-order valence-electron chi connectivity index (χ3n) is 11.2. The molecule has 47 heavy (non-hydrogen) atoms. The molecule has 1 aromatic rings. The SMILES string of the molecule is C=C(C)C12OC3(/C=C/C=C\C=C\CCC)OC1C1C4O[C@]4(CO)[C@@H](O)[C@]4(O)C(=O)C(C)=CC4C1(O3)[C@H](C)[C@H]2OC(=O)c1ccccc1. The highest BCUT2D eigenvalue weighted by molar-refractivity contribution is 6.05. The van der Waals surface area contributed by atoms with Gasteiger partial charge in [-0.05, 0) is 43.5 Å². The summed E-state index contributed by atoms with van der Waals surface area (Å²) in [7, 11) is 0. The van der Waals surface area contributed by atoms with Crippen molar-refractivity contribution in [3.8, 4) is 0 Å². The quantitative estimate of drug-likeness (QED) is 0.158. The summed E-state index contributed by atoms with van der Waals surface area (Å²) >= 11 is 0. The van der Waals surface area contributed by atoms with Gasteiger partial charge in [-0.3, -0.25) is 4.79 Å². The highest BCUT2D eigenvalue weighted by Crippen LogP contribution is 2.73. The Labute approximate surface area is 274 Å². The van der Waals surface area contributed by atoms with Crippen LogP contribution in [0.25, 0.3) is 0 Å². The molecule has 0 amide bonds. The number of hydrogen-bond acceptors (Lipinski definition) is 10. The first-order chi connectivity index (χ1) is 22.4. The van der Waals surface area contributed by atoms with Crippen molar-refractivity contribution in [2.75, 3.05) is 6.61 Å². The van der Waals surface area contributed by atoms with Crippen LogP contribution < -0.4 is 0 Å². The molecule has 3 aliphatic heterocycles. The summed E-state index contributed by atoms with van der Waals surface area (Å²) in [6, 6.07) is 8.55. The van der Waals surface area contributed by atoms with Gasteiger partial charge in [0.1, 0.15) is 30.0 Å². The van der Waals surface area contributed by atoms with Gasteiger partial charge in [0.05, 0.1) is 17.8 Å². The molecule has 250 valence electrons. The van der Waals surface area contributed by atoms with Gasteiger partial charge in [0.25, 0.3) is 0 Å². The molecule has 6 aliphatic rings. The van der Waals surface area contributed by atoms with E-state index in [1.54, 1.807) is 68.5 Å². The van der Waals surface area contributed by atoms with Crippen LogP contribution >= 0.6 is 0 Å². The number of ether oxygens (including phenoxy) is 5. The largest absolute Gasteiger partial charge is 0.455 e. The maximum absolute atomic E-state index is 13.8. The van der Waals surface area contributed by atoms with Gasteiger partial charge in [-0.1, -0.05) is 81.5 Å². The summed E-state index contributed by atoms with van der Waals surface area (Å²) < 4.78 is 33.1. The van der Waals surface area contributed by atoms with Crippen molar-refractivity contribution in [1.29, 1.82) is 0 Å². The van der Waals surface area contributed by atoms with Gasteiger partial charge < -0.3 is 39.0 Å². The van der Waals surface area contributed by atoms with Crippen LogP contribution in [0.5, 0.6) is 0 Å². The van der Waals surface area contributed by atoms with Crippen molar-refractivity contribution in [2.24, 2.45) is 17.8 Å². The van der Waals surface area contributed by atoms with Crippen LogP contribution in [0.3, 0.4) is 0 Å². The van der Waals surface area contributed by atoms with Crippen molar-refractivity contribution in [3.05, 3.63) is 96.2 Å². The van der Waals surface area contributed by atoms with Gasteiger partial charge in [-0.2, -0.15) is 0 Å². The predicted molar refractivity (Wildman–Crippen MR) is 169 cm³/mol. The number of aliphatic hydroxyl groups is 3. The first kappa shape index (κ1) is 32.3. The zero-order valence-electron chi connectivity index (χ0n) is 27.0. The summed E-state index contributed by atoms with van der Waals surface area (Å²) in [6.45, 7) is 10.9. The molecule has 10 heteroatoms. The maximum atomic E-state index is 13.8. The van der Waals surface area contributed by atoms with Crippen LogP contribution in [0.4, 0.5) is 0 Å². The van der Waals surface area contributed by atoms with Crippen LogP contribution in [0, 0.1) is 17.8 Å². The number of allylic oxidation sites excluding steroid dienone is 5. The molecule has 7 rings (SSSR count). The minimum atomic E-state index is -2.42. The van der Waals surface area contributed by atoms with Crippen LogP contribution in [0.15, 0.2) is 90.6 Å². The fourth-order valence-corrected chi connectivity index (χ4v) is 9.03. The van der Waals surface area contributed by atoms with Crippen LogP contribution in [0.1, 0.15) is 50.9 Å². The number of aliphatic hydroxyl groups excluding tert-OH is 2. The average Bonchev–Trinajstić information content (AvgIpc) is 3.69. The minimum Gasteiger partial charge on any atom is -0.455 e. The van der Waals surface area contributed by atoms with Crippen molar-refractivity contribution in [2.45, 2.75) is 93.3 Å². The minimum absolute atomic E-state index is 0.230. The van der Waals surface area contributed by atoms with E-state index in [2.05, 4.69) is 19.6 Å². The summed E-state index contributed by atoms with van der Waals surface area (Å²) in [5.41, 5.74) is -6.08. The molecule has 7 unspecified atom stereocenters. The van der Waals surface area contributed by atoms with Crippen LogP contribution in [-0.2, 0) is 28.5 Å². The number of benzene rings is 1. The molecule has 12 atom stereocenters. The Balaban J connectivity index is 1.43. The van der Waals surface area contributed by atoms with E-state index in [9.17, 15) is 24.9 Å². The zero-order valence-corrected chi connectivity index (χ0v) is 27.0. The average molecular weight is 647 g/mol. The Bertz CT molecular complexity index is 1610. The Morgan fingerprint density at radius 2 is 1.81 bits per heavy atom. The smallest absolute Gasteiger partial charge is 0.338 e. The fraction of sp³-hybridized carbons (Fsp3) is 0.514. The maximum Gasteiger partial charge on any atom is 0.338 e. The second-order valence-electron chi connectivity index (χ2n) is 13.8. The topological polar surface area (TPSA) is 144 Å². The van der Waals surface area contributed by atoms with E-state index in [1.165, 1.54) is 0 Å². The number of rotatable bonds is 9. The molecule has 5 fully saturated rings. The molecule has 3 heterocycles. The van der Waals surface area contributed by atoms with Crippen LogP contribution in [0.2, 0.25) is 0 Å². The number of unbranched alkanes of at least 4 members (excludes halogenated alkanes) is 1. The Kier molecular flexibility index (Phi) is 7.50. The van der Waals surface area contributed by atoms with E-state index in [4.69, 9.17) is 23.7 Å². The number of fused-ring (bicyclic) bond motifs is 3. The molecule has 0 spiro atoms. The fourth-order valence-electron chi connectivity index (χ4n) is 9.03. The second-order valence-corrected chi connectivity index (χ2v) is 13.8. The summed E-state index contributed by atoms with van der Waals surface area (Å²) in [5.74, 6) is -5.89. The lowest BCUT2D eigenvalue weighted by molar-refractivity contribution is -0.407. The molecule has 3 saturated heterocycles. The normalized spacial score (nSPS) is 46.0. The van der Waals surface area contributed by atoms with Crippen molar-refractivity contribution in [3.63, 3.8) is 0 Å². The van der Waals surface area contributed by atoms with E-state index in [-0.39, 0.29) is 5.57 Å². The first-order valence-corrected chi connectivity index (χ1v) is 16.3. The van der Waals surface area contributed by atoms with E-state index in [0.717, 1.165) is 12.8 Å². The zero-order chi connectivity index (χ0) is 33.6. The molecule has 0 aromatic heterocycles. The first-order valence-electron chi connectivity index (χ1n) is 16.3. The highest BCUT2D eigenvalue weighted by Gasteiger charge is 2.90. The molecule has 3 N–H and O–H groups in total. The number of carbonyl (C=O) groups excluding carboxylic acids is 2. The van der Waals surface area contributed by atoms with Gasteiger partial charge in [-0.15, -0.1) is 0 Å². The van der Waals surface area contributed by atoms with Crippen LogP contribution in [-0.4, -0.2) is 86.5 Å². The molecule has 3 aliphatic carbocycles. The van der Waals surface area contributed by atoms with Gasteiger partial charge in [0.2, 0.25) is 0 Å². The summed E-state index contributed by atoms with van der Waals surface area (Å²) in [4.78, 5) is 27.6. The van der Waals surface area contributed by atoms with E-state index in [0.29, 0.717) is 11.1 Å². The lowest BCUT2D eigenvalue weighted by Crippen LogP contribution is -2.76. The third-order valence-corrected chi connectivity index (χ3v) is 11.2. The van der Waals surface area contributed by atoms with Crippen molar-refractivity contribution >= 4 is 11.8 Å². The van der Waals surface area contributed by atoms with E-state index < -0.39 is 88.9 Å². The molecule has 0 radical (unpaired) electrons. The lowest BCUT2D eigenvalue weighted by atomic mass is 9.53. The molecule has 3 bridgehead atoms. The highest BCUT2D eigenvalue weighted by atomic mass is 16.9.